The highest BCUT2D eigenvalue weighted by atomic mass is 79.9. The molecule has 23 heavy (non-hydrogen) atoms. The van der Waals surface area contributed by atoms with E-state index in [0.717, 1.165) is 6.42 Å². The molecule has 7 nitrogen and oxygen atoms in total. The van der Waals surface area contributed by atoms with Gasteiger partial charge in [0.05, 0.1) is 10.9 Å². The minimum atomic E-state index is -0.602. The molecule has 3 amide bonds. The molecule has 0 aromatic heterocycles. The Bertz CT molecular complexity index is 511. The van der Waals surface area contributed by atoms with Crippen molar-refractivity contribution >= 4 is 33.8 Å². The van der Waals surface area contributed by atoms with E-state index >= 15 is 0 Å². The van der Waals surface area contributed by atoms with Crippen LogP contribution in [0.25, 0.3) is 0 Å². The third-order valence-corrected chi connectivity index (χ3v) is 5.03. The molecule has 0 radical (unpaired) electrons. The molecule has 0 N–H and O–H groups in total. The lowest BCUT2D eigenvalue weighted by molar-refractivity contribution is -0.133. The molecule has 0 saturated carbocycles. The van der Waals surface area contributed by atoms with E-state index in [1.54, 1.807) is 19.0 Å². The summed E-state index contributed by atoms with van der Waals surface area (Å²) in [5.41, 5.74) is 0. The number of alkyl halides is 1. The average Bonchev–Trinajstić information content (AvgIpc) is 3.09. The standard InChI is InChI=1S/C15H22BrN3O4/c1-4-7-23-15(22)19-9-10(8-12(19)14(21)17(2)3)18-6-5-11(16)13(18)20/h4,10-12H,1,5-9H2,2-3H3/t10-,11-,12+/m0/s1. The van der Waals surface area contributed by atoms with Crippen molar-refractivity contribution in [1.29, 1.82) is 0 Å². The van der Waals surface area contributed by atoms with Crippen molar-refractivity contribution in [2.24, 2.45) is 0 Å². The van der Waals surface area contributed by atoms with Crippen molar-refractivity contribution in [2.75, 3.05) is 33.8 Å². The Hall–Kier alpha value is -1.57. The molecular formula is C15H22BrN3O4. The summed E-state index contributed by atoms with van der Waals surface area (Å²) in [6, 6.07) is -0.760. The first-order valence-electron chi connectivity index (χ1n) is 7.56. The molecule has 2 aliphatic heterocycles. The van der Waals surface area contributed by atoms with Gasteiger partial charge in [-0.2, -0.15) is 0 Å². The number of likely N-dealkylation sites (tertiary alicyclic amines) is 2. The van der Waals surface area contributed by atoms with Crippen LogP contribution >= 0.6 is 15.9 Å². The van der Waals surface area contributed by atoms with Gasteiger partial charge in [0.25, 0.3) is 0 Å². The number of hydrogen-bond donors (Lipinski definition) is 0. The third-order valence-electron chi connectivity index (χ3n) is 4.18. The molecule has 3 atom stereocenters. The summed E-state index contributed by atoms with van der Waals surface area (Å²) in [5.74, 6) is -0.141. The maximum absolute atomic E-state index is 12.4. The minimum absolute atomic E-state index is 0.0207. The Morgan fingerprint density at radius 3 is 2.70 bits per heavy atom. The number of nitrogens with zero attached hydrogens (tertiary/aromatic N) is 3. The highest BCUT2D eigenvalue weighted by Gasteiger charge is 2.46. The molecule has 0 spiro atoms. The molecule has 0 aromatic rings. The van der Waals surface area contributed by atoms with Gasteiger partial charge in [0.1, 0.15) is 12.6 Å². The van der Waals surface area contributed by atoms with Crippen molar-refractivity contribution in [3.63, 3.8) is 0 Å². The second-order valence-corrected chi connectivity index (χ2v) is 7.05. The van der Waals surface area contributed by atoms with Crippen LogP contribution in [-0.4, -0.2) is 83.3 Å². The van der Waals surface area contributed by atoms with E-state index in [9.17, 15) is 14.4 Å². The quantitative estimate of drug-likeness (QED) is 0.529. The molecule has 2 saturated heterocycles. The summed E-state index contributed by atoms with van der Waals surface area (Å²) < 4.78 is 5.08. The van der Waals surface area contributed by atoms with E-state index in [0.29, 0.717) is 19.5 Å². The lowest BCUT2D eigenvalue weighted by atomic mass is 10.1. The van der Waals surface area contributed by atoms with Gasteiger partial charge in [-0.3, -0.25) is 14.5 Å². The van der Waals surface area contributed by atoms with Crippen LogP contribution in [0.3, 0.4) is 0 Å². The topological polar surface area (TPSA) is 70.2 Å². The predicted octanol–water partition coefficient (Wildman–Crippen LogP) is 0.836. The fourth-order valence-corrected chi connectivity index (χ4v) is 3.48. The number of carbonyl (C=O) groups is 3. The van der Waals surface area contributed by atoms with Crippen molar-refractivity contribution < 1.29 is 19.1 Å². The summed E-state index contributed by atoms with van der Waals surface area (Å²) >= 11 is 3.35. The summed E-state index contributed by atoms with van der Waals surface area (Å²) in [5, 5.41) is 0. The van der Waals surface area contributed by atoms with Gasteiger partial charge < -0.3 is 14.5 Å². The van der Waals surface area contributed by atoms with Crippen molar-refractivity contribution in [2.45, 2.75) is 29.8 Å². The van der Waals surface area contributed by atoms with Crippen LogP contribution in [0.4, 0.5) is 4.79 Å². The van der Waals surface area contributed by atoms with Crippen LogP contribution in [0, 0.1) is 0 Å². The Morgan fingerprint density at radius 1 is 1.48 bits per heavy atom. The van der Waals surface area contributed by atoms with E-state index in [1.807, 2.05) is 0 Å². The van der Waals surface area contributed by atoms with Gasteiger partial charge >= 0.3 is 6.09 Å². The van der Waals surface area contributed by atoms with E-state index in [-0.39, 0.29) is 29.3 Å². The monoisotopic (exact) mass is 387 g/mol. The zero-order valence-electron chi connectivity index (χ0n) is 13.4. The number of rotatable bonds is 4. The Balaban J connectivity index is 2.14. The number of amides is 3. The second kappa shape index (κ2) is 7.33. The lowest BCUT2D eigenvalue weighted by Crippen LogP contribution is -2.45. The number of carbonyl (C=O) groups excluding carboxylic acids is 3. The van der Waals surface area contributed by atoms with Gasteiger partial charge in [-0.15, -0.1) is 0 Å². The zero-order chi connectivity index (χ0) is 17.1. The first-order chi connectivity index (χ1) is 10.9. The highest BCUT2D eigenvalue weighted by Crippen LogP contribution is 2.29. The second-order valence-electron chi connectivity index (χ2n) is 5.94. The van der Waals surface area contributed by atoms with E-state index in [4.69, 9.17) is 4.74 Å². The Morgan fingerprint density at radius 2 is 2.17 bits per heavy atom. The molecular weight excluding hydrogens is 366 g/mol. The molecule has 0 unspecified atom stereocenters. The first kappa shape index (κ1) is 17.8. The van der Waals surface area contributed by atoms with Crippen LogP contribution in [0.5, 0.6) is 0 Å². The van der Waals surface area contributed by atoms with Gasteiger partial charge in [0.15, 0.2) is 0 Å². The van der Waals surface area contributed by atoms with Crippen LogP contribution in [0.1, 0.15) is 12.8 Å². The van der Waals surface area contributed by atoms with Gasteiger partial charge in [-0.1, -0.05) is 28.6 Å². The fraction of sp³-hybridized carbons (Fsp3) is 0.667. The number of ether oxygens (including phenoxy) is 1. The summed E-state index contributed by atoms with van der Waals surface area (Å²) in [6.45, 7) is 4.55. The van der Waals surface area contributed by atoms with Gasteiger partial charge in [-0.25, -0.2) is 4.79 Å². The van der Waals surface area contributed by atoms with E-state index in [2.05, 4.69) is 22.5 Å². The predicted molar refractivity (Wildman–Crippen MR) is 88.2 cm³/mol. The maximum atomic E-state index is 12.4. The largest absolute Gasteiger partial charge is 0.445 e. The molecule has 2 heterocycles. The minimum Gasteiger partial charge on any atom is -0.445 e. The summed E-state index contributed by atoms with van der Waals surface area (Å²) in [4.78, 5) is 41.3. The van der Waals surface area contributed by atoms with E-state index in [1.165, 1.54) is 15.9 Å². The molecule has 2 aliphatic rings. The van der Waals surface area contributed by atoms with Crippen LogP contribution in [0.2, 0.25) is 0 Å². The van der Waals surface area contributed by atoms with Crippen LogP contribution in [-0.2, 0) is 14.3 Å². The van der Waals surface area contributed by atoms with Gasteiger partial charge in [0.2, 0.25) is 11.8 Å². The van der Waals surface area contributed by atoms with Gasteiger partial charge in [0, 0.05) is 27.2 Å². The smallest absolute Gasteiger partial charge is 0.410 e. The molecule has 0 aromatic carbocycles. The SMILES string of the molecule is C=CCOC(=O)N1C[C@@H](N2CC[C@H](Br)C2=O)C[C@@H]1C(=O)N(C)C. The third kappa shape index (κ3) is 3.68. The maximum Gasteiger partial charge on any atom is 0.410 e. The molecule has 0 aliphatic carbocycles. The molecule has 128 valence electrons. The lowest BCUT2D eigenvalue weighted by Gasteiger charge is -2.25. The van der Waals surface area contributed by atoms with E-state index < -0.39 is 12.1 Å². The number of likely N-dealkylation sites (N-methyl/N-ethyl adjacent to an activating group) is 1. The molecule has 0 bridgehead atoms. The molecule has 8 heteroatoms. The fourth-order valence-electron chi connectivity index (χ4n) is 3.02. The Labute approximate surface area is 144 Å². The zero-order valence-corrected chi connectivity index (χ0v) is 15.0. The number of hydrogen-bond acceptors (Lipinski definition) is 4. The van der Waals surface area contributed by atoms with Crippen molar-refractivity contribution in [1.82, 2.24) is 14.7 Å². The van der Waals surface area contributed by atoms with Gasteiger partial charge in [-0.05, 0) is 12.8 Å². The molecule has 2 fully saturated rings. The molecule has 2 rings (SSSR count). The first-order valence-corrected chi connectivity index (χ1v) is 8.48. The normalized spacial score (nSPS) is 27.3. The highest BCUT2D eigenvalue weighted by molar-refractivity contribution is 9.10. The van der Waals surface area contributed by atoms with Crippen LogP contribution < -0.4 is 0 Å². The Kier molecular flexibility index (Phi) is 5.67. The van der Waals surface area contributed by atoms with Crippen molar-refractivity contribution in [3.8, 4) is 0 Å². The number of halogens is 1. The average molecular weight is 388 g/mol. The summed E-state index contributed by atoms with van der Waals surface area (Å²) in [6.07, 6.45) is 2.11. The van der Waals surface area contributed by atoms with Crippen molar-refractivity contribution in [3.05, 3.63) is 12.7 Å². The van der Waals surface area contributed by atoms with Crippen LogP contribution in [0.15, 0.2) is 12.7 Å². The summed E-state index contributed by atoms with van der Waals surface area (Å²) in [7, 11) is 3.30.